The quantitative estimate of drug-likeness (QED) is 0.474. The molecule has 0 unspecified atom stereocenters. The monoisotopic (exact) mass is 382 g/mol. The molecular weight excluding hydrogens is 364 g/mol. The second-order valence-corrected chi connectivity index (χ2v) is 6.91. The van der Waals surface area contributed by atoms with Gasteiger partial charge in [0.15, 0.2) is 0 Å². The Labute approximate surface area is 160 Å². The Morgan fingerprint density at radius 2 is 2.00 bits per heavy atom. The maximum atomic E-state index is 12.3. The summed E-state index contributed by atoms with van der Waals surface area (Å²) in [6, 6.07) is 13.5. The molecule has 1 heterocycles. The van der Waals surface area contributed by atoms with Crippen LogP contribution in [-0.4, -0.2) is 22.4 Å². The van der Waals surface area contributed by atoms with Crippen LogP contribution >= 0.6 is 11.3 Å². The van der Waals surface area contributed by atoms with Gasteiger partial charge in [0.05, 0.1) is 15.6 Å². The van der Waals surface area contributed by atoms with Gasteiger partial charge in [-0.2, -0.15) is 0 Å². The number of carbonyl (C=O) groups excluding carboxylic acids is 1. The van der Waals surface area contributed by atoms with Gasteiger partial charge in [0.25, 0.3) is 11.6 Å². The number of nitrogens with zero attached hydrogens (tertiary/aromatic N) is 2. The molecule has 0 aliphatic rings. The maximum absolute atomic E-state index is 12.3. The Hall–Kier alpha value is -3.26. The van der Waals surface area contributed by atoms with Crippen molar-refractivity contribution in [3.63, 3.8) is 0 Å². The summed E-state index contributed by atoms with van der Waals surface area (Å²) in [6.07, 6.45) is 0.617. The zero-order chi connectivity index (χ0) is 19.2. The van der Waals surface area contributed by atoms with Crippen LogP contribution in [0.3, 0.4) is 0 Å². The third kappa shape index (κ3) is 4.89. The van der Waals surface area contributed by atoms with Crippen LogP contribution in [0.15, 0.2) is 53.9 Å². The second-order valence-electron chi connectivity index (χ2n) is 5.84. The minimum atomic E-state index is -0.500. The van der Waals surface area contributed by atoms with E-state index in [1.807, 2.05) is 42.6 Å². The summed E-state index contributed by atoms with van der Waals surface area (Å²) in [5.41, 5.74) is 2.08. The van der Waals surface area contributed by atoms with Gasteiger partial charge in [0.1, 0.15) is 5.69 Å². The number of carbonyl (C=O) groups is 1. The van der Waals surface area contributed by atoms with Crippen LogP contribution in [0.5, 0.6) is 0 Å². The number of thiazole rings is 1. The Balaban J connectivity index is 1.69. The molecule has 0 atom stereocenters. The smallest absolute Gasteiger partial charge is 0.293 e. The first-order valence-corrected chi connectivity index (χ1v) is 9.20. The topological polar surface area (TPSA) is 97.2 Å². The van der Waals surface area contributed by atoms with Crippen molar-refractivity contribution >= 4 is 34.3 Å². The van der Waals surface area contributed by atoms with Gasteiger partial charge >= 0.3 is 0 Å². The van der Waals surface area contributed by atoms with Crippen molar-refractivity contribution < 1.29 is 9.72 Å². The lowest BCUT2D eigenvalue weighted by molar-refractivity contribution is -0.383. The molecule has 138 valence electrons. The van der Waals surface area contributed by atoms with E-state index in [0.717, 1.165) is 16.4 Å². The molecule has 1 aromatic heterocycles. The van der Waals surface area contributed by atoms with Gasteiger partial charge in [-0.05, 0) is 31.2 Å². The lowest BCUT2D eigenvalue weighted by atomic mass is 10.1. The predicted molar refractivity (Wildman–Crippen MR) is 106 cm³/mol. The number of rotatable bonds is 7. The standard InChI is InChI=1S/C19H18N4O3S/c1-13-21-16(12-27-13)9-10-20-19(24)14-7-8-17(18(11-14)23(25)26)22-15-5-3-2-4-6-15/h2-8,11-12,22H,9-10H2,1H3,(H,20,24). The Morgan fingerprint density at radius 1 is 1.22 bits per heavy atom. The van der Waals surface area contributed by atoms with E-state index in [0.29, 0.717) is 18.7 Å². The molecule has 0 bridgehead atoms. The zero-order valence-electron chi connectivity index (χ0n) is 14.6. The number of para-hydroxylation sites is 1. The normalized spacial score (nSPS) is 10.4. The van der Waals surface area contributed by atoms with E-state index in [-0.39, 0.29) is 17.2 Å². The Kier molecular flexibility index (Phi) is 5.77. The molecule has 0 aliphatic heterocycles. The summed E-state index contributed by atoms with van der Waals surface area (Å²) in [5.74, 6) is -0.351. The molecule has 0 aliphatic carbocycles. The van der Waals surface area contributed by atoms with Gasteiger partial charge < -0.3 is 10.6 Å². The van der Waals surface area contributed by atoms with E-state index in [1.165, 1.54) is 6.07 Å². The van der Waals surface area contributed by atoms with Gasteiger partial charge in [-0.3, -0.25) is 14.9 Å². The number of anilines is 2. The fraction of sp³-hybridized carbons (Fsp3) is 0.158. The van der Waals surface area contributed by atoms with Crippen LogP contribution in [0.4, 0.5) is 17.1 Å². The highest BCUT2D eigenvalue weighted by Gasteiger charge is 2.17. The largest absolute Gasteiger partial charge is 0.352 e. The summed E-state index contributed by atoms with van der Waals surface area (Å²) in [6.45, 7) is 2.34. The molecule has 0 spiro atoms. The number of hydrogen-bond acceptors (Lipinski definition) is 6. The van der Waals surface area contributed by atoms with Crippen molar-refractivity contribution in [1.82, 2.24) is 10.3 Å². The summed E-state index contributed by atoms with van der Waals surface area (Å²) in [7, 11) is 0. The fourth-order valence-corrected chi connectivity index (χ4v) is 3.18. The first kappa shape index (κ1) is 18.5. The van der Waals surface area contributed by atoms with Gasteiger partial charge in [-0.25, -0.2) is 4.98 Å². The number of nitro benzene ring substituents is 1. The summed E-state index contributed by atoms with van der Waals surface area (Å²) in [4.78, 5) is 27.6. The molecular formula is C19H18N4O3S. The van der Waals surface area contributed by atoms with Crippen molar-refractivity contribution in [3.8, 4) is 0 Å². The first-order chi connectivity index (χ1) is 13.0. The molecule has 0 saturated heterocycles. The van der Waals surface area contributed by atoms with Crippen LogP contribution < -0.4 is 10.6 Å². The summed E-state index contributed by atoms with van der Waals surface area (Å²) in [5, 5.41) is 20.1. The molecule has 2 N–H and O–H groups in total. The molecule has 3 aromatic rings. The number of amides is 1. The lowest BCUT2D eigenvalue weighted by Gasteiger charge is -2.09. The maximum Gasteiger partial charge on any atom is 0.293 e. The fourth-order valence-electron chi connectivity index (χ4n) is 2.54. The third-order valence-corrected chi connectivity index (χ3v) is 4.67. The van der Waals surface area contributed by atoms with E-state index in [2.05, 4.69) is 15.6 Å². The molecule has 27 heavy (non-hydrogen) atoms. The van der Waals surface area contributed by atoms with E-state index >= 15 is 0 Å². The Morgan fingerprint density at radius 3 is 2.67 bits per heavy atom. The number of aryl methyl sites for hydroxylation is 1. The van der Waals surface area contributed by atoms with Gasteiger partial charge in [0.2, 0.25) is 0 Å². The molecule has 0 radical (unpaired) electrons. The van der Waals surface area contributed by atoms with Crippen LogP contribution in [-0.2, 0) is 6.42 Å². The van der Waals surface area contributed by atoms with Crippen LogP contribution in [0.1, 0.15) is 21.1 Å². The molecule has 2 aromatic carbocycles. The number of nitro groups is 1. The number of benzene rings is 2. The Bertz CT molecular complexity index is 957. The average Bonchev–Trinajstić information content (AvgIpc) is 3.07. The number of hydrogen-bond donors (Lipinski definition) is 2. The second kappa shape index (κ2) is 8.41. The van der Waals surface area contributed by atoms with E-state index in [4.69, 9.17) is 0 Å². The predicted octanol–water partition coefficient (Wildman–Crippen LogP) is 4.08. The van der Waals surface area contributed by atoms with Crippen LogP contribution in [0.2, 0.25) is 0 Å². The van der Waals surface area contributed by atoms with Gasteiger partial charge in [-0.1, -0.05) is 18.2 Å². The molecule has 0 saturated carbocycles. The molecule has 0 fully saturated rings. The lowest BCUT2D eigenvalue weighted by Crippen LogP contribution is -2.25. The van der Waals surface area contributed by atoms with Crippen LogP contribution in [0, 0.1) is 17.0 Å². The average molecular weight is 382 g/mol. The van der Waals surface area contributed by atoms with Gasteiger partial charge in [0, 0.05) is 35.7 Å². The zero-order valence-corrected chi connectivity index (χ0v) is 15.5. The van der Waals surface area contributed by atoms with Crippen molar-refractivity contribution in [2.75, 3.05) is 11.9 Å². The number of nitrogens with one attached hydrogen (secondary N) is 2. The van der Waals surface area contributed by atoms with E-state index in [1.54, 1.807) is 23.5 Å². The summed E-state index contributed by atoms with van der Waals surface area (Å²) < 4.78 is 0. The molecule has 1 amide bonds. The van der Waals surface area contributed by atoms with Crippen molar-refractivity contribution in [1.29, 1.82) is 0 Å². The van der Waals surface area contributed by atoms with Crippen molar-refractivity contribution in [2.24, 2.45) is 0 Å². The van der Waals surface area contributed by atoms with Crippen molar-refractivity contribution in [2.45, 2.75) is 13.3 Å². The highest BCUT2D eigenvalue weighted by atomic mass is 32.1. The summed E-state index contributed by atoms with van der Waals surface area (Å²) >= 11 is 1.56. The van der Waals surface area contributed by atoms with Gasteiger partial charge in [-0.15, -0.1) is 11.3 Å². The molecule has 3 rings (SSSR count). The molecule has 8 heteroatoms. The minimum absolute atomic E-state index is 0.151. The highest BCUT2D eigenvalue weighted by molar-refractivity contribution is 7.09. The van der Waals surface area contributed by atoms with E-state index in [9.17, 15) is 14.9 Å². The number of aromatic nitrogens is 1. The van der Waals surface area contributed by atoms with Crippen molar-refractivity contribution in [3.05, 3.63) is 80.3 Å². The minimum Gasteiger partial charge on any atom is -0.352 e. The molecule has 7 nitrogen and oxygen atoms in total. The van der Waals surface area contributed by atoms with E-state index < -0.39 is 4.92 Å². The third-order valence-electron chi connectivity index (χ3n) is 3.84. The van der Waals surface area contributed by atoms with Crippen LogP contribution in [0.25, 0.3) is 0 Å². The SMILES string of the molecule is Cc1nc(CCNC(=O)c2ccc(Nc3ccccc3)c([N+](=O)[O-])c2)cs1. The highest BCUT2D eigenvalue weighted by Crippen LogP contribution is 2.28. The first-order valence-electron chi connectivity index (χ1n) is 8.32.